The second-order valence-electron chi connectivity index (χ2n) is 5.38. The molecule has 90 valence electrons. The van der Waals surface area contributed by atoms with Crippen LogP contribution >= 0.6 is 12.2 Å². The lowest BCUT2D eigenvalue weighted by molar-refractivity contribution is 0.408. The predicted octanol–water partition coefficient (Wildman–Crippen LogP) is 2.54. The Morgan fingerprint density at radius 2 is 2.00 bits per heavy atom. The lowest BCUT2D eigenvalue weighted by Gasteiger charge is -2.19. The molecule has 0 radical (unpaired) electrons. The summed E-state index contributed by atoms with van der Waals surface area (Å²) in [5.41, 5.74) is 1.24. The number of hydrogen-bond donors (Lipinski definition) is 1. The number of nitrogens with one attached hydrogen (secondary N) is 1. The van der Waals surface area contributed by atoms with Crippen LogP contribution in [0.25, 0.3) is 0 Å². The molecule has 16 heavy (non-hydrogen) atoms. The van der Waals surface area contributed by atoms with Crippen molar-refractivity contribution in [3.8, 4) is 0 Å². The molecule has 0 aliphatic carbocycles. The summed E-state index contributed by atoms with van der Waals surface area (Å²) in [5, 5.41) is 0. The van der Waals surface area contributed by atoms with Crippen molar-refractivity contribution in [2.75, 3.05) is 20.6 Å². The maximum Gasteiger partial charge on any atom is 0.130 e. The zero-order chi connectivity index (χ0) is 12.3. The first-order chi connectivity index (χ1) is 7.29. The van der Waals surface area contributed by atoms with Crippen molar-refractivity contribution >= 4 is 12.2 Å². The number of hydrogen-bond acceptors (Lipinski definition) is 3. The van der Waals surface area contributed by atoms with Gasteiger partial charge in [-0.2, -0.15) is 0 Å². The van der Waals surface area contributed by atoms with E-state index in [-0.39, 0.29) is 5.41 Å². The average Bonchev–Trinajstić information content (AvgIpc) is 2.12. The Kier molecular flexibility index (Phi) is 4.21. The molecule has 0 amide bonds. The number of likely N-dealkylation sites (N-methyl/N-ethyl adjacent to an activating group) is 1. The van der Waals surface area contributed by atoms with Crippen molar-refractivity contribution in [1.82, 2.24) is 14.9 Å². The van der Waals surface area contributed by atoms with Crippen molar-refractivity contribution in [3.63, 3.8) is 0 Å². The van der Waals surface area contributed by atoms with Crippen molar-refractivity contribution in [2.24, 2.45) is 0 Å². The molecule has 0 saturated carbocycles. The molecule has 0 aliphatic rings. The van der Waals surface area contributed by atoms with E-state index < -0.39 is 0 Å². The van der Waals surface area contributed by atoms with Gasteiger partial charge in [0.25, 0.3) is 0 Å². The fraction of sp³-hybridized carbons (Fsp3) is 0.667. The maximum absolute atomic E-state index is 5.19. The molecule has 0 spiro atoms. The van der Waals surface area contributed by atoms with E-state index >= 15 is 0 Å². The summed E-state index contributed by atoms with van der Waals surface area (Å²) in [6.45, 7) is 7.49. The molecule has 0 saturated heterocycles. The maximum atomic E-state index is 5.19. The molecule has 0 aromatic carbocycles. The van der Waals surface area contributed by atoms with E-state index in [4.69, 9.17) is 12.2 Å². The lowest BCUT2D eigenvalue weighted by Crippen LogP contribution is -2.19. The summed E-state index contributed by atoms with van der Waals surface area (Å²) in [7, 11) is 4.12. The minimum atomic E-state index is 0.0867. The Bertz CT molecular complexity index is 401. The normalized spacial score (nSPS) is 12.1. The van der Waals surface area contributed by atoms with E-state index in [0.29, 0.717) is 4.64 Å². The highest BCUT2D eigenvalue weighted by atomic mass is 32.1. The third-order valence-corrected chi connectivity index (χ3v) is 2.60. The summed E-state index contributed by atoms with van der Waals surface area (Å²) < 4.78 is 0.678. The van der Waals surface area contributed by atoms with Gasteiger partial charge in [-0.05, 0) is 20.2 Å². The van der Waals surface area contributed by atoms with Crippen LogP contribution in [-0.2, 0) is 11.8 Å². The minimum absolute atomic E-state index is 0.0867. The molecule has 1 aromatic heterocycles. The molecule has 0 aliphatic heterocycles. The van der Waals surface area contributed by atoms with E-state index in [1.807, 2.05) is 6.07 Å². The Balaban J connectivity index is 2.95. The smallest absolute Gasteiger partial charge is 0.130 e. The summed E-state index contributed by atoms with van der Waals surface area (Å²) in [5.74, 6) is 0.978. The van der Waals surface area contributed by atoms with Gasteiger partial charge in [0.1, 0.15) is 10.5 Å². The van der Waals surface area contributed by atoms with E-state index in [9.17, 15) is 0 Å². The van der Waals surface area contributed by atoms with E-state index in [0.717, 1.165) is 24.5 Å². The highest BCUT2D eigenvalue weighted by Crippen LogP contribution is 2.19. The van der Waals surface area contributed by atoms with Crippen LogP contribution in [0.15, 0.2) is 6.07 Å². The van der Waals surface area contributed by atoms with Gasteiger partial charge in [-0.3, -0.25) is 0 Å². The largest absolute Gasteiger partial charge is 0.347 e. The highest BCUT2D eigenvalue weighted by molar-refractivity contribution is 7.71. The monoisotopic (exact) mass is 239 g/mol. The van der Waals surface area contributed by atoms with Crippen molar-refractivity contribution in [1.29, 1.82) is 0 Å². The van der Waals surface area contributed by atoms with E-state index in [1.54, 1.807) is 0 Å². The third kappa shape index (κ3) is 4.02. The van der Waals surface area contributed by atoms with E-state index in [2.05, 4.69) is 49.7 Å². The van der Waals surface area contributed by atoms with E-state index in [1.165, 1.54) is 0 Å². The fourth-order valence-electron chi connectivity index (χ4n) is 1.36. The Morgan fingerprint density at radius 1 is 1.38 bits per heavy atom. The third-order valence-electron chi connectivity index (χ3n) is 2.40. The number of aromatic nitrogens is 2. The second-order valence-corrected chi connectivity index (χ2v) is 5.80. The number of H-pyrrole nitrogens is 1. The van der Waals surface area contributed by atoms with Gasteiger partial charge in [0.05, 0.1) is 0 Å². The summed E-state index contributed by atoms with van der Waals surface area (Å²) in [4.78, 5) is 9.87. The Morgan fingerprint density at radius 3 is 2.50 bits per heavy atom. The minimum Gasteiger partial charge on any atom is -0.347 e. The zero-order valence-electron chi connectivity index (χ0n) is 10.8. The van der Waals surface area contributed by atoms with Gasteiger partial charge in [0, 0.05) is 24.1 Å². The zero-order valence-corrected chi connectivity index (χ0v) is 11.6. The molecular formula is C12H21N3S. The summed E-state index contributed by atoms with van der Waals surface area (Å²) >= 11 is 5.19. The first kappa shape index (κ1) is 13.3. The number of nitrogens with zero attached hydrogens (tertiary/aromatic N) is 2. The molecule has 0 fully saturated rings. The highest BCUT2D eigenvalue weighted by Gasteiger charge is 2.15. The van der Waals surface area contributed by atoms with Crippen LogP contribution in [0.1, 0.15) is 32.3 Å². The van der Waals surface area contributed by atoms with Gasteiger partial charge >= 0.3 is 0 Å². The van der Waals surface area contributed by atoms with Crippen LogP contribution < -0.4 is 0 Å². The molecule has 1 heterocycles. The molecule has 4 heteroatoms. The first-order valence-corrected chi connectivity index (χ1v) is 5.95. The number of rotatable bonds is 3. The quantitative estimate of drug-likeness (QED) is 0.823. The molecule has 0 unspecified atom stereocenters. The van der Waals surface area contributed by atoms with Crippen LogP contribution in [0.2, 0.25) is 0 Å². The molecule has 3 nitrogen and oxygen atoms in total. The molecule has 1 rings (SSSR count). The van der Waals surface area contributed by atoms with Crippen LogP contribution in [0.5, 0.6) is 0 Å². The first-order valence-electron chi connectivity index (χ1n) is 5.54. The molecule has 1 N–H and O–H groups in total. The van der Waals surface area contributed by atoms with Crippen LogP contribution in [0.3, 0.4) is 0 Å². The Labute approximate surface area is 103 Å². The second kappa shape index (κ2) is 5.06. The molecule has 0 bridgehead atoms. The molecule has 1 aromatic rings. The van der Waals surface area contributed by atoms with Gasteiger partial charge in [0.15, 0.2) is 0 Å². The van der Waals surface area contributed by atoms with Crippen molar-refractivity contribution in [3.05, 3.63) is 22.2 Å². The summed E-state index contributed by atoms with van der Waals surface area (Å²) in [6.07, 6.45) is 0.903. The topological polar surface area (TPSA) is 31.9 Å². The van der Waals surface area contributed by atoms with Crippen molar-refractivity contribution < 1.29 is 0 Å². The van der Waals surface area contributed by atoms with Crippen LogP contribution in [0.4, 0.5) is 0 Å². The SMILES string of the molecule is CN(C)CCc1nc(=S)cc(C(C)(C)C)[nH]1. The summed E-state index contributed by atoms with van der Waals surface area (Å²) in [6, 6.07) is 1.95. The van der Waals surface area contributed by atoms with Crippen LogP contribution in [-0.4, -0.2) is 35.5 Å². The predicted molar refractivity (Wildman–Crippen MR) is 70.4 cm³/mol. The standard InChI is InChI=1S/C12H21N3S/c1-12(2,3)9-8-11(16)14-10(13-9)6-7-15(4)5/h8H,6-7H2,1-5H3,(H,13,14,16). The van der Waals surface area contributed by atoms with Crippen molar-refractivity contribution in [2.45, 2.75) is 32.6 Å². The van der Waals surface area contributed by atoms with Gasteiger partial charge in [-0.15, -0.1) is 0 Å². The van der Waals surface area contributed by atoms with Crippen LogP contribution in [0, 0.1) is 4.64 Å². The van der Waals surface area contributed by atoms with Gasteiger partial charge in [0.2, 0.25) is 0 Å². The Hall–Kier alpha value is -0.740. The van der Waals surface area contributed by atoms with Gasteiger partial charge < -0.3 is 9.88 Å². The fourth-order valence-corrected chi connectivity index (χ4v) is 1.59. The molecule has 0 atom stereocenters. The average molecular weight is 239 g/mol. The van der Waals surface area contributed by atoms with Gasteiger partial charge in [-0.1, -0.05) is 33.0 Å². The van der Waals surface area contributed by atoms with Gasteiger partial charge in [-0.25, -0.2) is 4.98 Å². The molecular weight excluding hydrogens is 218 g/mol. The number of aromatic amines is 1. The lowest BCUT2D eigenvalue weighted by atomic mass is 9.92.